The number of para-hydroxylation sites is 1. The lowest BCUT2D eigenvalue weighted by Crippen LogP contribution is -2.23. The van der Waals surface area contributed by atoms with Crippen molar-refractivity contribution in [1.82, 2.24) is 9.55 Å². The minimum atomic E-state index is 0.385. The third-order valence-electron chi connectivity index (χ3n) is 4.70. The number of fused-ring (bicyclic) bond motifs is 2. The van der Waals surface area contributed by atoms with Gasteiger partial charge >= 0.3 is 0 Å². The summed E-state index contributed by atoms with van der Waals surface area (Å²) in [6, 6.07) is 12.1. The second-order valence-electron chi connectivity index (χ2n) is 6.36. The van der Waals surface area contributed by atoms with Gasteiger partial charge in [-0.05, 0) is 54.7 Å². The van der Waals surface area contributed by atoms with Gasteiger partial charge in [0, 0.05) is 12.7 Å². The summed E-state index contributed by atoms with van der Waals surface area (Å²) >= 11 is 6.26. The number of aryl methyl sites for hydroxylation is 3. The van der Waals surface area contributed by atoms with Crippen LogP contribution in [0.5, 0.6) is 0 Å². The average Bonchev–Trinajstić information content (AvgIpc) is 3.18. The van der Waals surface area contributed by atoms with Gasteiger partial charge in [-0.3, -0.25) is 0 Å². The standard InChI is InChI=1S/C19H20ClN5/c1-25-17(24-16-7-3-6-15(20)18(16)25)11-22-19(21)23-14-9-8-12-4-2-5-13(12)10-14/h3,6-10H,2,4-5,11H2,1H3,(H3,21,22,23). The van der Waals surface area contributed by atoms with Crippen molar-refractivity contribution in [3.05, 3.63) is 58.4 Å². The van der Waals surface area contributed by atoms with Gasteiger partial charge in [0.05, 0.1) is 16.1 Å². The van der Waals surface area contributed by atoms with Crippen molar-refractivity contribution in [3.8, 4) is 0 Å². The Morgan fingerprint density at radius 3 is 2.96 bits per heavy atom. The summed E-state index contributed by atoms with van der Waals surface area (Å²) in [7, 11) is 1.94. The van der Waals surface area contributed by atoms with Crippen LogP contribution < -0.4 is 11.1 Å². The van der Waals surface area contributed by atoms with Crippen molar-refractivity contribution in [2.45, 2.75) is 25.8 Å². The van der Waals surface area contributed by atoms with E-state index >= 15 is 0 Å². The Labute approximate surface area is 151 Å². The molecule has 0 saturated carbocycles. The Morgan fingerprint density at radius 1 is 1.28 bits per heavy atom. The lowest BCUT2D eigenvalue weighted by atomic mass is 10.1. The fraction of sp³-hybridized carbons (Fsp3) is 0.263. The van der Waals surface area contributed by atoms with Crippen molar-refractivity contribution in [2.24, 2.45) is 17.8 Å². The van der Waals surface area contributed by atoms with Gasteiger partial charge in [0.15, 0.2) is 5.96 Å². The molecule has 6 heteroatoms. The molecule has 25 heavy (non-hydrogen) atoms. The van der Waals surface area contributed by atoms with Crippen molar-refractivity contribution in [2.75, 3.05) is 5.32 Å². The van der Waals surface area contributed by atoms with Gasteiger partial charge in [-0.25, -0.2) is 9.98 Å². The second-order valence-corrected chi connectivity index (χ2v) is 6.77. The van der Waals surface area contributed by atoms with Crippen molar-refractivity contribution < 1.29 is 0 Å². The normalized spacial score (nSPS) is 14.1. The summed E-state index contributed by atoms with van der Waals surface area (Å²) in [5.41, 5.74) is 11.7. The highest BCUT2D eigenvalue weighted by Gasteiger charge is 2.12. The molecule has 128 valence electrons. The van der Waals surface area contributed by atoms with Gasteiger partial charge in [-0.1, -0.05) is 23.7 Å². The molecule has 1 aliphatic carbocycles. The van der Waals surface area contributed by atoms with E-state index in [1.165, 1.54) is 24.0 Å². The molecule has 3 N–H and O–H groups in total. The topological polar surface area (TPSA) is 68.2 Å². The maximum absolute atomic E-state index is 6.26. The molecule has 0 atom stereocenters. The lowest BCUT2D eigenvalue weighted by Gasteiger charge is -2.08. The van der Waals surface area contributed by atoms with Crippen LogP contribution in [0.1, 0.15) is 23.4 Å². The van der Waals surface area contributed by atoms with Crippen molar-refractivity contribution in [1.29, 1.82) is 0 Å². The number of aromatic nitrogens is 2. The van der Waals surface area contributed by atoms with Crippen LogP contribution >= 0.6 is 11.6 Å². The Bertz CT molecular complexity index is 973. The van der Waals surface area contributed by atoms with Crippen LogP contribution in [0.3, 0.4) is 0 Å². The summed E-state index contributed by atoms with van der Waals surface area (Å²) in [6.45, 7) is 0.394. The highest BCUT2D eigenvalue weighted by atomic mass is 35.5. The maximum atomic E-state index is 6.26. The molecule has 1 aromatic heterocycles. The van der Waals surface area contributed by atoms with Gasteiger partial charge in [-0.2, -0.15) is 0 Å². The molecule has 0 saturated heterocycles. The molecule has 3 aromatic rings. The number of hydrogen-bond acceptors (Lipinski definition) is 2. The highest BCUT2D eigenvalue weighted by Crippen LogP contribution is 2.25. The Morgan fingerprint density at radius 2 is 2.12 bits per heavy atom. The van der Waals surface area contributed by atoms with Gasteiger partial charge < -0.3 is 15.6 Å². The molecular weight excluding hydrogens is 334 g/mol. The molecule has 0 aliphatic heterocycles. The largest absolute Gasteiger partial charge is 0.370 e. The molecule has 0 fully saturated rings. The number of halogens is 1. The molecule has 0 amide bonds. The van der Waals surface area contributed by atoms with Crippen LogP contribution in [0.2, 0.25) is 5.02 Å². The van der Waals surface area contributed by atoms with Gasteiger partial charge in [0.1, 0.15) is 12.4 Å². The van der Waals surface area contributed by atoms with E-state index in [1.807, 2.05) is 29.8 Å². The van der Waals surface area contributed by atoms with Crippen LogP contribution in [0, 0.1) is 0 Å². The molecule has 0 unspecified atom stereocenters. The smallest absolute Gasteiger partial charge is 0.193 e. The van der Waals surface area contributed by atoms with E-state index in [-0.39, 0.29) is 0 Å². The Kier molecular flexibility index (Phi) is 4.09. The summed E-state index contributed by atoms with van der Waals surface area (Å²) < 4.78 is 1.96. The SMILES string of the molecule is Cn1c(CN=C(N)Nc2ccc3c(c2)CCC3)nc2cccc(Cl)c21. The third-order valence-corrected chi connectivity index (χ3v) is 5.00. The van der Waals surface area contributed by atoms with Crippen LogP contribution in [0.15, 0.2) is 41.4 Å². The number of benzene rings is 2. The van der Waals surface area contributed by atoms with E-state index in [0.29, 0.717) is 17.5 Å². The van der Waals surface area contributed by atoms with Crippen LogP contribution in [-0.2, 0) is 26.4 Å². The maximum Gasteiger partial charge on any atom is 0.193 e. The van der Waals surface area contributed by atoms with Gasteiger partial charge in [-0.15, -0.1) is 0 Å². The van der Waals surface area contributed by atoms with Crippen LogP contribution in [0.25, 0.3) is 11.0 Å². The number of hydrogen-bond donors (Lipinski definition) is 2. The molecule has 1 aliphatic rings. The first-order valence-corrected chi connectivity index (χ1v) is 8.78. The van der Waals surface area contributed by atoms with Crippen LogP contribution in [0.4, 0.5) is 5.69 Å². The van der Waals surface area contributed by atoms with Gasteiger partial charge in [0.25, 0.3) is 0 Å². The highest BCUT2D eigenvalue weighted by molar-refractivity contribution is 6.35. The number of imidazole rings is 1. The van der Waals surface area contributed by atoms with Gasteiger partial charge in [0.2, 0.25) is 0 Å². The number of rotatable bonds is 3. The van der Waals surface area contributed by atoms with Crippen molar-refractivity contribution in [3.63, 3.8) is 0 Å². The molecular formula is C19H20ClN5. The quantitative estimate of drug-likeness (QED) is 0.558. The van der Waals surface area contributed by atoms with E-state index in [2.05, 4.69) is 33.5 Å². The average molecular weight is 354 g/mol. The first kappa shape index (κ1) is 16.0. The monoisotopic (exact) mass is 353 g/mol. The number of nitrogens with zero attached hydrogens (tertiary/aromatic N) is 3. The van der Waals surface area contributed by atoms with E-state index in [9.17, 15) is 0 Å². The fourth-order valence-corrected chi connectivity index (χ4v) is 3.70. The Balaban J connectivity index is 1.52. The molecule has 0 spiro atoms. The molecule has 0 radical (unpaired) electrons. The number of nitrogens with one attached hydrogen (secondary N) is 1. The van der Waals surface area contributed by atoms with Crippen LogP contribution in [-0.4, -0.2) is 15.5 Å². The molecule has 5 nitrogen and oxygen atoms in total. The molecule has 4 rings (SSSR count). The zero-order valence-corrected chi connectivity index (χ0v) is 14.8. The zero-order chi connectivity index (χ0) is 17.4. The minimum Gasteiger partial charge on any atom is -0.370 e. The van der Waals surface area contributed by atoms with E-state index < -0.39 is 0 Å². The minimum absolute atomic E-state index is 0.385. The summed E-state index contributed by atoms with van der Waals surface area (Å²) in [6.07, 6.45) is 3.55. The predicted molar refractivity (Wildman–Crippen MR) is 103 cm³/mol. The number of nitrogens with two attached hydrogens (primary N) is 1. The number of aliphatic imine (C=N–C) groups is 1. The molecule has 1 heterocycles. The summed E-state index contributed by atoms with van der Waals surface area (Å²) in [4.78, 5) is 9.01. The Hall–Kier alpha value is -2.53. The van der Waals surface area contributed by atoms with E-state index in [0.717, 1.165) is 29.0 Å². The number of guanidine groups is 1. The fourth-order valence-electron chi connectivity index (χ4n) is 3.40. The number of anilines is 1. The lowest BCUT2D eigenvalue weighted by molar-refractivity contribution is 0.812. The predicted octanol–water partition coefficient (Wildman–Crippen LogP) is 3.64. The third kappa shape index (κ3) is 3.07. The van der Waals surface area contributed by atoms with Crippen molar-refractivity contribution >= 4 is 34.3 Å². The summed E-state index contributed by atoms with van der Waals surface area (Å²) in [5.74, 6) is 1.21. The molecule has 0 bridgehead atoms. The summed E-state index contributed by atoms with van der Waals surface area (Å²) in [5, 5.41) is 3.86. The first-order valence-electron chi connectivity index (χ1n) is 8.40. The van der Waals surface area contributed by atoms with E-state index in [1.54, 1.807) is 0 Å². The zero-order valence-electron chi connectivity index (χ0n) is 14.1. The first-order chi connectivity index (χ1) is 12.1. The second kappa shape index (κ2) is 6.41. The molecule has 2 aromatic carbocycles. The van der Waals surface area contributed by atoms with E-state index in [4.69, 9.17) is 17.3 Å².